The lowest BCUT2D eigenvalue weighted by Crippen LogP contribution is -2.36. The molecule has 0 spiro atoms. The van der Waals surface area contributed by atoms with Crippen LogP contribution in [0.3, 0.4) is 0 Å². The molecule has 3 rings (SSSR count). The lowest BCUT2D eigenvalue weighted by Gasteiger charge is -2.19. The Morgan fingerprint density at radius 2 is 1.86 bits per heavy atom. The van der Waals surface area contributed by atoms with Crippen LogP contribution in [0.1, 0.15) is 30.8 Å². The van der Waals surface area contributed by atoms with E-state index in [-0.39, 0.29) is 11.6 Å². The molecule has 150 valence electrons. The van der Waals surface area contributed by atoms with Gasteiger partial charge in [0, 0.05) is 17.3 Å². The van der Waals surface area contributed by atoms with Gasteiger partial charge in [-0.3, -0.25) is 14.6 Å². The van der Waals surface area contributed by atoms with Gasteiger partial charge in [-0.1, -0.05) is 26.0 Å². The largest absolute Gasteiger partial charge is 0.372 e. The summed E-state index contributed by atoms with van der Waals surface area (Å²) in [6.45, 7) is 4.01. The molecule has 1 atom stereocenters. The van der Waals surface area contributed by atoms with Crippen LogP contribution >= 0.6 is 0 Å². The molecule has 0 fully saturated rings. The minimum absolute atomic E-state index is 0.0937. The normalized spacial score (nSPS) is 12.0. The Kier molecular flexibility index (Phi) is 5.92. The number of rotatable bonds is 8. The van der Waals surface area contributed by atoms with E-state index >= 15 is 0 Å². The molecule has 0 aliphatic rings. The maximum atomic E-state index is 11.8. The Balaban J connectivity index is 1.91. The van der Waals surface area contributed by atoms with Crippen LogP contribution in [-0.2, 0) is 4.79 Å². The standard InChI is InChI=1S/C21H24N6O2/c1-12(2)8-18(20(22)28)27-15-10-17(19(21(23)29)25-11-15)26-14-6-5-13-4-3-7-24-16(13)9-14/h3-7,9-12,18,26-27H,8H2,1-2H3,(H2,22,28)(H2,23,29)/t18-/m1/s1. The van der Waals surface area contributed by atoms with E-state index in [1.165, 1.54) is 6.20 Å². The van der Waals surface area contributed by atoms with Gasteiger partial charge in [0.2, 0.25) is 5.91 Å². The van der Waals surface area contributed by atoms with Gasteiger partial charge >= 0.3 is 0 Å². The Hall–Kier alpha value is -3.68. The van der Waals surface area contributed by atoms with Gasteiger partial charge < -0.3 is 22.1 Å². The number of anilines is 3. The fraction of sp³-hybridized carbons (Fsp3) is 0.238. The van der Waals surface area contributed by atoms with Crippen molar-refractivity contribution >= 4 is 39.8 Å². The Morgan fingerprint density at radius 3 is 2.55 bits per heavy atom. The molecule has 8 nitrogen and oxygen atoms in total. The maximum absolute atomic E-state index is 11.8. The van der Waals surface area contributed by atoms with Gasteiger partial charge in [-0.05, 0) is 36.6 Å². The molecular weight excluding hydrogens is 368 g/mol. The second-order valence-corrected chi connectivity index (χ2v) is 7.25. The van der Waals surface area contributed by atoms with Crippen molar-refractivity contribution in [3.63, 3.8) is 0 Å². The smallest absolute Gasteiger partial charge is 0.269 e. The third-order valence-corrected chi connectivity index (χ3v) is 4.40. The van der Waals surface area contributed by atoms with Gasteiger partial charge in [-0.15, -0.1) is 0 Å². The number of benzene rings is 1. The van der Waals surface area contributed by atoms with Crippen LogP contribution in [0.5, 0.6) is 0 Å². The van der Waals surface area contributed by atoms with Gasteiger partial charge in [-0.25, -0.2) is 4.98 Å². The van der Waals surface area contributed by atoms with Crippen LogP contribution in [0, 0.1) is 5.92 Å². The lowest BCUT2D eigenvalue weighted by atomic mass is 10.0. The quantitative estimate of drug-likeness (QED) is 0.465. The molecule has 0 radical (unpaired) electrons. The number of carbonyl (C=O) groups excluding carboxylic acids is 2. The van der Waals surface area contributed by atoms with Crippen molar-refractivity contribution in [2.24, 2.45) is 17.4 Å². The van der Waals surface area contributed by atoms with Crippen molar-refractivity contribution in [2.45, 2.75) is 26.3 Å². The zero-order valence-electron chi connectivity index (χ0n) is 16.3. The van der Waals surface area contributed by atoms with Crippen LogP contribution < -0.4 is 22.1 Å². The monoisotopic (exact) mass is 392 g/mol. The van der Waals surface area contributed by atoms with Gasteiger partial charge in [0.25, 0.3) is 5.91 Å². The number of fused-ring (bicyclic) bond motifs is 1. The first-order chi connectivity index (χ1) is 13.8. The molecule has 0 bridgehead atoms. The van der Waals surface area contributed by atoms with Crippen molar-refractivity contribution in [2.75, 3.05) is 10.6 Å². The molecule has 0 unspecified atom stereocenters. The fourth-order valence-corrected chi connectivity index (χ4v) is 3.05. The molecule has 2 heterocycles. The highest BCUT2D eigenvalue weighted by Gasteiger charge is 2.18. The number of hydrogen-bond donors (Lipinski definition) is 4. The van der Waals surface area contributed by atoms with Crippen LogP contribution in [0.2, 0.25) is 0 Å². The summed E-state index contributed by atoms with van der Waals surface area (Å²) in [7, 11) is 0. The summed E-state index contributed by atoms with van der Waals surface area (Å²) in [5, 5.41) is 7.26. The Bertz CT molecular complexity index is 1050. The second kappa shape index (κ2) is 8.55. The van der Waals surface area contributed by atoms with Gasteiger partial charge in [0.05, 0.1) is 23.1 Å². The first kappa shape index (κ1) is 20.1. The van der Waals surface area contributed by atoms with Gasteiger partial charge in [0.15, 0.2) is 5.69 Å². The second-order valence-electron chi connectivity index (χ2n) is 7.25. The number of amides is 2. The molecule has 0 aliphatic heterocycles. The van der Waals surface area contributed by atoms with Crippen LogP contribution in [-0.4, -0.2) is 27.8 Å². The van der Waals surface area contributed by atoms with E-state index in [1.54, 1.807) is 12.3 Å². The predicted molar refractivity (Wildman–Crippen MR) is 114 cm³/mol. The first-order valence-electron chi connectivity index (χ1n) is 9.31. The van der Waals surface area contributed by atoms with E-state index in [0.717, 1.165) is 16.6 Å². The first-order valence-corrected chi connectivity index (χ1v) is 9.31. The summed E-state index contributed by atoms with van der Waals surface area (Å²) in [5.74, 6) is -0.833. The molecule has 8 heteroatoms. The van der Waals surface area contributed by atoms with Crippen molar-refractivity contribution < 1.29 is 9.59 Å². The summed E-state index contributed by atoms with van der Waals surface area (Å²) in [6, 6.07) is 10.6. The van der Waals surface area contributed by atoms with Gasteiger partial charge in [-0.2, -0.15) is 0 Å². The molecule has 0 saturated carbocycles. The van der Waals surface area contributed by atoms with Crippen molar-refractivity contribution in [3.05, 3.63) is 54.5 Å². The average molecular weight is 392 g/mol. The number of nitrogens with one attached hydrogen (secondary N) is 2. The summed E-state index contributed by atoms with van der Waals surface area (Å²) < 4.78 is 0. The summed E-state index contributed by atoms with van der Waals surface area (Å²) in [4.78, 5) is 32.1. The Labute approximate surface area is 168 Å². The van der Waals surface area contributed by atoms with E-state index in [9.17, 15) is 9.59 Å². The highest BCUT2D eigenvalue weighted by atomic mass is 16.1. The highest BCUT2D eigenvalue weighted by Crippen LogP contribution is 2.26. The number of pyridine rings is 2. The summed E-state index contributed by atoms with van der Waals surface area (Å²) in [6.07, 6.45) is 3.75. The number of aromatic nitrogens is 2. The van der Waals surface area contributed by atoms with Crippen molar-refractivity contribution in [1.29, 1.82) is 0 Å². The Morgan fingerprint density at radius 1 is 1.07 bits per heavy atom. The number of hydrogen-bond acceptors (Lipinski definition) is 6. The molecule has 6 N–H and O–H groups in total. The number of nitrogens with zero attached hydrogens (tertiary/aromatic N) is 2. The van der Waals surface area contributed by atoms with Crippen molar-refractivity contribution in [1.82, 2.24) is 9.97 Å². The SMILES string of the molecule is CC(C)C[C@@H](Nc1cnc(C(N)=O)c(Nc2ccc3cccnc3c2)c1)C(N)=O. The molecule has 3 aromatic rings. The van der Waals surface area contributed by atoms with Crippen LogP contribution in [0.4, 0.5) is 17.1 Å². The lowest BCUT2D eigenvalue weighted by molar-refractivity contribution is -0.119. The van der Waals surface area contributed by atoms with Crippen molar-refractivity contribution in [3.8, 4) is 0 Å². The fourth-order valence-electron chi connectivity index (χ4n) is 3.05. The van der Waals surface area contributed by atoms with E-state index in [4.69, 9.17) is 11.5 Å². The third-order valence-electron chi connectivity index (χ3n) is 4.40. The van der Waals surface area contributed by atoms with Crippen LogP contribution in [0.15, 0.2) is 48.8 Å². The average Bonchev–Trinajstić information content (AvgIpc) is 2.67. The molecule has 0 saturated heterocycles. The summed E-state index contributed by atoms with van der Waals surface area (Å²) >= 11 is 0. The predicted octanol–water partition coefficient (Wildman–Crippen LogP) is 2.78. The number of carbonyl (C=O) groups is 2. The van der Waals surface area contributed by atoms with E-state index in [2.05, 4.69) is 20.6 Å². The summed E-state index contributed by atoms with van der Waals surface area (Å²) in [5.41, 5.74) is 13.6. The molecule has 2 amide bonds. The zero-order chi connectivity index (χ0) is 21.0. The molecule has 2 aromatic heterocycles. The number of nitrogens with two attached hydrogens (primary N) is 2. The molecule has 1 aromatic carbocycles. The minimum Gasteiger partial charge on any atom is -0.372 e. The molecular formula is C21H24N6O2. The maximum Gasteiger partial charge on any atom is 0.269 e. The minimum atomic E-state index is -0.661. The van der Waals surface area contributed by atoms with E-state index < -0.39 is 17.9 Å². The third kappa shape index (κ3) is 4.98. The highest BCUT2D eigenvalue weighted by molar-refractivity contribution is 5.98. The van der Waals surface area contributed by atoms with Crippen LogP contribution in [0.25, 0.3) is 10.9 Å². The topological polar surface area (TPSA) is 136 Å². The van der Waals surface area contributed by atoms with E-state index in [0.29, 0.717) is 17.8 Å². The zero-order valence-corrected chi connectivity index (χ0v) is 16.3. The molecule has 29 heavy (non-hydrogen) atoms. The van der Waals surface area contributed by atoms with E-state index in [1.807, 2.05) is 44.2 Å². The number of primary amides is 2. The van der Waals surface area contributed by atoms with Gasteiger partial charge in [0.1, 0.15) is 6.04 Å². The molecule has 0 aliphatic carbocycles.